The summed E-state index contributed by atoms with van der Waals surface area (Å²) >= 11 is 0. The number of carbonyl (C=O) groups excluding carboxylic acids is 1. The molecule has 130 valence electrons. The van der Waals surface area contributed by atoms with Gasteiger partial charge >= 0.3 is 6.03 Å². The fourth-order valence-corrected chi connectivity index (χ4v) is 3.20. The molecule has 1 atom stereocenters. The number of furan rings is 1. The molecule has 3 aromatic rings. The van der Waals surface area contributed by atoms with Gasteiger partial charge in [-0.25, -0.2) is 4.79 Å². The maximum absolute atomic E-state index is 12.2. The largest absolute Gasteiger partial charge is 0.495 e. The molecule has 2 heterocycles. The van der Waals surface area contributed by atoms with Crippen molar-refractivity contribution < 1.29 is 18.7 Å². The first kappa shape index (κ1) is 15.8. The summed E-state index contributed by atoms with van der Waals surface area (Å²) in [6.07, 6.45) is 2.13. The van der Waals surface area contributed by atoms with Crippen LogP contribution in [0.1, 0.15) is 12.8 Å². The molecule has 1 saturated heterocycles. The Labute approximate surface area is 145 Å². The third-order valence-electron chi connectivity index (χ3n) is 4.46. The molecular formula is C19H20N2O4. The molecule has 0 saturated carbocycles. The van der Waals surface area contributed by atoms with Crippen molar-refractivity contribution in [1.82, 2.24) is 5.32 Å². The molecule has 6 nitrogen and oxygen atoms in total. The Morgan fingerprint density at radius 1 is 1.24 bits per heavy atom. The highest BCUT2D eigenvalue weighted by molar-refractivity contribution is 6.07. The minimum atomic E-state index is -0.288. The summed E-state index contributed by atoms with van der Waals surface area (Å²) in [5, 5.41) is 7.64. The van der Waals surface area contributed by atoms with Gasteiger partial charge in [-0.05, 0) is 25.0 Å². The van der Waals surface area contributed by atoms with Gasteiger partial charge in [0.25, 0.3) is 0 Å². The third-order valence-corrected chi connectivity index (χ3v) is 4.46. The number of fused-ring (bicyclic) bond motifs is 3. The Bertz CT molecular complexity index is 912. The number of para-hydroxylation sites is 1. The van der Waals surface area contributed by atoms with Crippen molar-refractivity contribution in [1.29, 1.82) is 0 Å². The summed E-state index contributed by atoms with van der Waals surface area (Å²) in [6, 6.07) is 11.2. The van der Waals surface area contributed by atoms with Crippen molar-refractivity contribution in [2.24, 2.45) is 0 Å². The van der Waals surface area contributed by atoms with E-state index in [1.807, 2.05) is 30.3 Å². The molecule has 1 fully saturated rings. The molecule has 4 rings (SSSR count). The number of methoxy groups -OCH3 is 1. The molecule has 0 aliphatic carbocycles. The van der Waals surface area contributed by atoms with Gasteiger partial charge in [-0.15, -0.1) is 0 Å². The average molecular weight is 340 g/mol. The normalized spacial score (nSPS) is 17.1. The number of benzene rings is 2. The van der Waals surface area contributed by atoms with Crippen LogP contribution in [0.25, 0.3) is 21.9 Å². The van der Waals surface area contributed by atoms with Crippen LogP contribution in [0.3, 0.4) is 0 Å². The van der Waals surface area contributed by atoms with Gasteiger partial charge in [0.15, 0.2) is 0 Å². The molecule has 0 bridgehead atoms. The molecular weight excluding hydrogens is 320 g/mol. The number of hydrogen-bond donors (Lipinski definition) is 2. The van der Waals surface area contributed by atoms with Crippen LogP contribution >= 0.6 is 0 Å². The first-order chi connectivity index (χ1) is 12.2. The summed E-state index contributed by atoms with van der Waals surface area (Å²) in [5.74, 6) is 0.589. The van der Waals surface area contributed by atoms with Crippen LogP contribution in [0.2, 0.25) is 0 Å². The van der Waals surface area contributed by atoms with Crippen molar-refractivity contribution in [3.05, 3.63) is 36.4 Å². The van der Waals surface area contributed by atoms with Gasteiger partial charge in [0.2, 0.25) is 0 Å². The van der Waals surface area contributed by atoms with E-state index in [-0.39, 0.29) is 12.1 Å². The van der Waals surface area contributed by atoms with Gasteiger partial charge < -0.3 is 24.5 Å². The van der Waals surface area contributed by atoms with Crippen molar-refractivity contribution in [2.45, 2.75) is 18.9 Å². The number of amides is 2. The van der Waals surface area contributed by atoms with E-state index in [4.69, 9.17) is 13.9 Å². The van der Waals surface area contributed by atoms with Crippen LogP contribution < -0.4 is 15.4 Å². The van der Waals surface area contributed by atoms with Gasteiger partial charge in [0.1, 0.15) is 16.9 Å². The van der Waals surface area contributed by atoms with E-state index in [0.29, 0.717) is 23.6 Å². The lowest BCUT2D eigenvalue weighted by Gasteiger charge is -2.13. The van der Waals surface area contributed by atoms with Crippen LogP contribution in [0.4, 0.5) is 10.5 Å². The van der Waals surface area contributed by atoms with E-state index in [9.17, 15) is 4.79 Å². The molecule has 1 aromatic heterocycles. The second-order valence-electron chi connectivity index (χ2n) is 6.12. The summed E-state index contributed by atoms with van der Waals surface area (Å²) < 4.78 is 16.8. The molecule has 25 heavy (non-hydrogen) atoms. The third kappa shape index (κ3) is 3.13. The van der Waals surface area contributed by atoms with Crippen molar-refractivity contribution in [3.8, 4) is 5.75 Å². The van der Waals surface area contributed by atoms with Crippen molar-refractivity contribution in [3.63, 3.8) is 0 Å². The van der Waals surface area contributed by atoms with Gasteiger partial charge in [-0.3, -0.25) is 0 Å². The Hall–Kier alpha value is -2.73. The Balaban J connectivity index is 1.57. The number of hydrogen-bond acceptors (Lipinski definition) is 4. The summed E-state index contributed by atoms with van der Waals surface area (Å²) in [5.41, 5.74) is 2.08. The maximum atomic E-state index is 12.2. The Kier molecular flexibility index (Phi) is 4.19. The van der Waals surface area contributed by atoms with E-state index < -0.39 is 0 Å². The first-order valence-electron chi connectivity index (χ1n) is 8.40. The molecule has 2 aromatic carbocycles. The SMILES string of the molecule is COc1cc2c(cc1NC(=O)NCC1CCCO1)oc1ccccc12. The van der Waals surface area contributed by atoms with E-state index in [1.165, 1.54) is 0 Å². The predicted molar refractivity (Wildman–Crippen MR) is 96.3 cm³/mol. The quantitative estimate of drug-likeness (QED) is 0.755. The van der Waals surface area contributed by atoms with Crippen LogP contribution in [0, 0.1) is 0 Å². The van der Waals surface area contributed by atoms with Crippen LogP contribution in [-0.2, 0) is 4.74 Å². The van der Waals surface area contributed by atoms with Crippen molar-refractivity contribution in [2.75, 3.05) is 25.6 Å². The van der Waals surface area contributed by atoms with Gasteiger partial charge in [0, 0.05) is 30.0 Å². The van der Waals surface area contributed by atoms with Gasteiger partial charge in [-0.1, -0.05) is 18.2 Å². The second-order valence-corrected chi connectivity index (χ2v) is 6.12. The summed E-state index contributed by atoms with van der Waals surface area (Å²) in [6.45, 7) is 1.27. The molecule has 0 spiro atoms. The van der Waals surface area contributed by atoms with Crippen LogP contribution in [-0.4, -0.2) is 32.4 Å². The summed E-state index contributed by atoms with van der Waals surface area (Å²) in [4.78, 5) is 12.2. The van der Waals surface area contributed by atoms with Gasteiger partial charge in [0.05, 0.1) is 18.9 Å². The fraction of sp³-hybridized carbons (Fsp3) is 0.316. The molecule has 1 aliphatic heterocycles. The smallest absolute Gasteiger partial charge is 0.319 e. The standard InChI is InChI=1S/C19H20N2O4/c1-23-18-9-14-13-6-2-3-7-16(13)25-17(14)10-15(18)21-19(22)20-11-12-5-4-8-24-12/h2-3,6-7,9-10,12H,4-5,8,11H2,1H3,(H2,20,21,22). The lowest BCUT2D eigenvalue weighted by molar-refractivity contribution is 0.112. The highest BCUT2D eigenvalue weighted by Gasteiger charge is 2.17. The monoisotopic (exact) mass is 340 g/mol. The molecule has 2 N–H and O–H groups in total. The van der Waals surface area contributed by atoms with Crippen LogP contribution in [0.5, 0.6) is 5.75 Å². The minimum Gasteiger partial charge on any atom is -0.495 e. The Morgan fingerprint density at radius 2 is 2.12 bits per heavy atom. The average Bonchev–Trinajstić information content (AvgIpc) is 3.26. The maximum Gasteiger partial charge on any atom is 0.319 e. The topological polar surface area (TPSA) is 72.7 Å². The van der Waals surface area contributed by atoms with Crippen molar-refractivity contribution >= 4 is 33.7 Å². The Morgan fingerprint density at radius 3 is 2.92 bits per heavy atom. The van der Waals surface area contributed by atoms with E-state index in [2.05, 4.69) is 10.6 Å². The fourth-order valence-electron chi connectivity index (χ4n) is 3.20. The predicted octanol–water partition coefficient (Wildman–Crippen LogP) is 3.90. The number of urea groups is 1. The molecule has 2 amide bonds. The van der Waals surface area contributed by atoms with E-state index >= 15 is 0 Å². The first-order valence-corrected chi connectivity index (χ1v) is 8.40. The number of rotatable bonds is 4. The van der Waals surface area contributed by atoms with E-state index in [1.54, 1.807) is 13.2 Å². The molecule has 6 heteroatoms. The highest BCUT2D eigenvalue weighted by atomic mass is 16.5. The zero-order valence-electron chi connectivity index (χ0n) is 14.0. The number of carbonyl (C=O) groups is 1. The van der Waals surface area contributed by atoms with Gasteiger partial charge in [-0.2, -0.15) is 0 Å². The minimum absolute atomic E-state index is 0.102. The summed E-state index contributed by atoms with van der Waals surface area (Å²) in [7, 11) is 1.58. The lowest BCUT2D eigenvalue weighted by atomic mass is 10.1. The molecule has 1 aliphatic rings. The molecule has 0 radical (unpaired) electrons. The van der Waals surface area contributed by atoms with Crippen LogP contribution in [0.15, 0.2) is 40.8 Å². The number of anilines is 1. The van der Waals surface area contributed by atoms with E-state index in [0.717, 1.165) is 35.8 Å². The lowest BCUT2D eigenvalue weighted by Crippen LogP contribution is -2.35. The zero-order valence-corrected chi connectivity index (χ0v) is 14.0. The second kappa shape index (κ2) is 6.64. The number of ether oxygens (including phenoxy) is 2. The zero-order chi connectivity index (χ0) is 17.2. The highest BCUT2D eigenvalue weighted by Crippen LogP contribution is 2.36. The molecule has 1 unspecified atom stereocenters. The number of nitrogens with one attached hydrogen (secondary N) is 2.